The van der Waals surface area contributed by atoms with Gasteiger partial charge in [0.25, 0.3) is 0 Å². The average Bonchev–Trinajstić information content (AvgIpc) is 3.67. The Morgan fingerprint density at radius 1 is 0.548 bits per heavy atom. The Morgan fingerprint density at radius 2 is 0.986 bits per heavy atom. The van der Waals surface area contributed by atoms with Crippen molar-refractivity contribution in [3.05, 3.63) is 12.1 Å². The van der Waals surface area contributed by atoms with Crippen LogP contribution in [0.4, 0.5) is 0 Å². The van der Waals surface area contributed by atoms with Gasteiger partial charge in [0.2, 0.25) is 29.5 Å². The van der Waals surface area contributed by atoms with Crippen molar-refractivity contribution in [1.29, 1.82) is 0 Å². The first-order chi connectivity index (χ1) is 34.6. The number of aliphatic hydroxyl groups excluding tert-OH is 13. The molecule has 3 amide bonds. The number of nitrogens with one attached hydrogen (secondary N) is 3. The molecule has 4 aliphatic rings. The predicted octanol–water partition coefficient (Wildman–Crippen LogP) is -12.2. The molecule has 4 saturated heterocycles. The number of rotatable bonds is 24. The monoisotopic (exact) mass is 1060 g/mol. The third-order valence-corrected chi connectivity index (χ3v) is 11.8. The van der Waals surface area contributed by atoms with E-state index in [-0.39, 0.29) is 19.7 Å². The summed E-state index contributed by atoms with van der Waals surface area (Å²) in [6.07, 6.45) is -33.7. The number of amides is 3. The highest BCUT2D eigenvalue weighted by molar-refractivity contribution is 5.86. The van der Waals surface area contributed by atoms with Gasteiger partial charge in [0, 0.05) is 25.2 Å². The van der Waals surface area contributed by atoms with Crippen LogP contribution in [0, 0.1) is 0 Å². The molecule has 1 aromatic heterocycles. The fourth-order valence-electron chi connectivity index (χ4n) is 7.69. The molecule has 0 saturated carbocycles. The second-order valence-electron chi connectivity index (χ2n) is 17.2. The van der Waals surface area contributed by atoms with Gasteiger partial charge in [0.15, 0.2) is 25.2 Å². The Balaban J connectivity index is 1.19. The van der Waals surface area contributed by atoms with E-state index >= 15 is 0 Å². The Bertz CT molecular complexity index is 1900. The first kappa shape index (κ1) is 59.8. The van der Waals surface area contributed by atoms with Crippen LogP contribution in [-0.2, 0) is 57.1 Å². The number of ether oxygens (including phenoxy) is 8. The maximum absolute atomic E-state index is 13.2. The molecule has 33 nitrogen and oxygen atoms in total. The van der Waals surface area contributed by atoms with Crippen LogP contribution >= 0.6 is 0 Å². The van der Waals surface area contributed by atoms with Gasteiger partial charge in [-0.15, -0.1) is 4.73 Å². The molecule has 5 heterocycles. The van der Waals surface area contributed by atoms with Crippen LogP contribution in [-0.4, -0.2) is 305 Å². The number of aromatic hydroxyl groups is 2. The van der Waals surface area contributed by atoms with Gasteiger partial charge in [-0.3, -0.25) is 19.3 Å². The Kier molecular flexibility index (Phi) is 22.6. The lowest BCUT2D eigenvalue weighted by atomic mass is 9.96. The van der Waals surface area contributed by atoms with Gasteiger partial charge >= 0.3 is 5.97 Å². The van der Waals surface area contributed by atoms with Crippen molar-refractivity contribution in [3.63, 3.8) is 0 Å². The molecular formula is C40H65N5O28. The van der Waals surface area contributed by atoms with E-state index in [4.69, 9.17) is 42.7 Å². The highest BCUT2D eigenvalue weighted by Crippen LogP contribution is 2.31. The number of aliphatic hydroxyl groups is 13. The minimum absolute atomic E-state index is 0.214. The van der Waals surface area contributed by atoms with Crippen LogP contribution in [0.25, 0.3) is 0 Å². The van der Waals surface area contributed by atoms with Gasteiger partial charge in [-0.1, -0.05) is 0 Å². The summed E-state index contributed by atoms with van der Waals surface area (Å²) in [6, 6.07) is 2.03. The van der Waals surface area contributed by atoms with Crippen LogP contribution in [0.5, 0.6) is 11.8 Å². The molecule has 4 fully saturated rings. The minimum Gasteiger partial charge on any atom is -0.492 e. The first-order valence-electron chi connectivity index (χ1n) is 22.7. The second-order valence-corrected chi connectivity index (χ2v) is 17.2. The lowest BCUT2D eigenvalue weighted by Crippen LogP contribution is -2.65. The molecule has 0 aliphatic carbocycles. The summed E-state index contributed by atoms with van der Waals surface area (Å²) in [5, 5.41) is 160. The Morgan fingerprint density at radius 3 is 1.51 bits per heavy atom. The topological polar surface area (TPSA) is 499 Å². The van der Waals surface area contributed by atoms with Crippen LogP contribution in [0.15, 0.2) is 12.1 Å². The van der Waals surface area contributed by atoms with Gasteiger partial charge < -0.3 is 135 Å². The fourth-order valence-corrected chi connectivity index (χ4v) is 7.69. The first-order valence-corrected chi connectivity index (χ1v) is 22.7. The molecule has 33 heteroatoms. The molecule has 20 unspecified atom stereocenters. The van der Waals surface area contributed by atoms with Crippen LogP contribution in [0.3, 0.4) is 0 Å². The van der Waals surface area contributed by atoms with E-state index in [0.29, 0.717) is 4.73 Å². The lowest BCUT2D eigenvalue weighted by Gasteiger charge is -2.46. The van der Waals surface area contributed by atoms with Gasteiger partial charge in [-0.25, -0.2) is 4.79 Å². The zero-order valence-electron chi connectivity index (χ0n) is 38.9. The molecule has 1 aromatic rings. The Hall–Kier alpha value is -4.12. The summed E-state index contributed by atoms with van der Waals surface area (Å²) in [5.74, 6) is -4.95. The number of hydrogen-bond donors (Lipinski definition) is 18. The lowest BCUT2D eigenvalue weighted by molar-refractivity contribution is -0.366. The third-order valence-electron chi connectivity index (χ3n) is 11.8. The summed E-state index contributed by atoms with van der Waals surface area (Å²) in [5.41, 5.74) is 0. The van der Waals surface area contributed by atoms with Crippen molar-refractivity contribution < 1.29 is 139 Å². The quantitative estimate of drug-likeness (QED) is 0.0428. The van der Waals surface area contributed by atoms with Crippen molar-refractivity contribution in [2.75, 3.05) is 72.3 Å². The number of hydrogen-bond acceptors (Lipinski definition) is 29. The van der Waals surface area contributed by atoms with E-state index in [9.17, 15) is 95.8 Å². The molecule has 0 bridgehead atoms. The van der Waals surface area contributed by atoms with Crippen molar-refractivity contribution in [3.8, 4) is 11.8 Å². The normalized spacial score (nSPS) is 36.9. The van der Waals surface area contributed by atoms with Crippen molar-refractivity contribution >= 4 is 23.7 Å². The predicted molar refractivity (Wildman–Crippen MR) is 228 cm³/mol. The highest BCUT2D eigenvalue weighted by atomic mass is 16.8. The zero-order chi connectivity index (χ0) is 53.8. The number of carbonyl (C=O) groups excluding carboxylic acids is 4. The molecule has 0 aromatic carbocycles. The Labute approximate surface area is 413 Å². The van der Waals surface area contributed by atoms with Crippen molar-refractivity contribution in [2.45, 2.75) is 130 Å². The van der Waals surface area contributed by atoms with E-state index in [0.717, 1.165) is 17.0 Å². The molecule has 73 heavy (non-hydrogen) atoms. The molecule has 0 spiro atoms. The van der Waals surface area contributed by atoms with Crippen LogP contribution < -0.4 is 20.8 Å². The smallest absolute Gasteiger partial charge is 0.352 e. The van der Waals surface area contributed by atoms with E-state index in [1.807, 2.05) is 0 Å². The highest BCUT2D eigenvalue weighted by Gasteiger charge is 2.52. The molecule has 5 rings (SSSR count). The standard InChI is InChI=1S/C40H65N5O28/c1-15-25(54)29(58)32(61)37(68-15)65-6-4-41-19(48)9-44(11-21(50)43-8-24(53)73-45-22(51)2-3-23(45)52)10-20(49)42-5-7-66-39-35(64)36(72-40-34(63)31(60)27(56)17(13-47)70-40)28(57)18(71-39)14-67-38-33(62)30(59)26(55)16(12-46)69-38/h2-3,15-18,25-40,46-47,51-52,54-64H,4-14H2,1H3,(H,41,48)(H,42,49)(H,43,50). The van der Waals surface area contributed by atoms with Crippen molar-refractivity contribution in [1.82, 2.24) is 25.6 Å². The van der Waals surface area contributed by atoms with E-state index < -0.39 is 211 Å². The van der Waals surface area contributed by atoms with E-state index in [1.54, 1.807) is 0 Å². The summed E-state index contributed by atoms with van der Waals surface area (Å²) >= 11 is 0. The summed E-state index contributed by atoms with van der Waals surface area (Å²) in [6.45, 7) is -5.17. The van der Waals surface area contributed by atoms with Gasteiger partial charge in [0.1, 0.15) is 98.1 Å². The maximum Gasteiger partial charge on any atom is 0.352 e. The largest absolute Gasteiger partial charge is 0.492 e. The third kappa shape index (κ3) is 15.7. The van der Waals surface area contributed by atoms with Crippen molar-refractivity contribution in [2.24, 2.45) is 0 Å². The van der Waals surface area contributed by atoms with Gasteiger partial charge in [-0.2, -0.15) is 0 Å². The van der Waals surface area contributed by atoms with Gasteiger partial charge in [0.05, 0.1) is 58.8 Å². The number of nitrogens with zero attached hydrogens (tertiary/aromatic N) is 2. The van der Waals surface area contributed by atoms with E-state index in [1.165, 1.54) is 6.92 Å². The average molecular weight is 1060 g/mol. The van der Waals surface area contributed by atoms with Crippen LogP contribution in [0.1, 0.15) is 6.92 Å². The molecule has 0 radical (unpaired) electrons. The molecule has 418 valence electrons. The van der Waals surface area contributed by atoms with Crippen LogP contribution in [0.2, 0.25) is 0 Å². The molecule has 18 N–H and O–H groups in total. The number of carbonyl (C=O) groups is 4. The second kappa shape index (κ2) is 27.6. The zero-order valence-corrected chi connectivity index (χ0v) is 38.9. The van der Waals surface area contributed by atoms with Gasteiger partial charge in [-0.05, 0) is 6.92 Å². The SMILES string of the molecule is CC1OC(OCCNC(=O)CN(CC(=O)NCCOC2OC(COC3OC(CO)C(O)C(O)C3O)C(O)C(OC3OC(CO)C(O)C(O)C3O)C2O)CC(=O)NCC(=O)On2c(O)ccc2O)C(O)C(O)C1O. The maximum atomic E-state index is 13.2. The van der Waals surface area contributed by atoms with E-state index in [2.05, 4.69) is 16.0 Å². The summed E-state index contributed by atoms with van der Waals surface area (Å²) in [4.78, 5) is 57.2. The fraction of sp³-hybridized carbons (Fsp3) is 0.800. The molecular weight excluding hydrogens is 998 g/mol. The summed E-state index contributed by atoms with van der Waals surface area (Å²) < 4.78 is 44.3. The minimum atomic E-state index is -2.01. The summed E-state index contributed by atoms with van der Waals surface area (Å²) in [7, 11) is 0. The number of aromatic nitrogens is 1. The molecule has 4 aliphatic heterocycles. The molecule has 20 atom stereocenters.